The van der Waals surface area contributed by atoms with Crippen molar-refractivity contribution < 1.29 is 28.6 Å². The van der Waals surface area contributed by atoms with Crippen molar-refractivity contribution in [1.82, 2.24) is 0 Å². The van der Waals surface area contributed by atoms with Crippen LogP contribution < -0.4 is 0 Å². The summed E-state index contributed by atoms with van der Waals surface area (Å²) < 4.78 is 16.4. The van der Waals surface area contributed by atoms with Crippen molar-refractivity contribution in [2.24, 2.45) is 34.0 Å². The van der Waals surface area contributed by atoms with Crippen LogP contribution >= 0.6 is 0 Å². The van der Waals surface area contributed by atoms with E-state index in [2.05, 4.69) is 20.8 Å². The first kappa shape index (κ1) is 21.1. The minimum Gasteiger partial charge on any atom is -0.458 e. The molecule has 6 unspecified atom stereocenters. The van der Waals surface area contributed by atoms with Gasteiger partial charge in [-0.2, -0.15) is 0 Å². The van der Waals surface area contributed by atoms with Crippen LogP contribution in [0, 0.1) is 34.0 Å². The van der Waals surface area contributed by atoms with Crippen LogP contribution in [0.25, 0.3) is 0 Å². The SMILES string of the molecule is CC(C)(C)CC(C)(C(=O)OCC(=O)OC1C2CC3C(=O)OC1C3C2)C(C)(C)C. The van der Waals surface area contributed by atoms with E-state index in [-0.39, 0.29) is 46.6 Å². The van der Waals surface area contributed by atoms with Crippen LogP contribution in [0.3, 0.4) is 0 Å². The molecule has 28 heavy (non-hydrogen) atoms. The van der Waals surface area contributed by atoms with Gasteiger partial charge in [-0.25, -0.2) is 4.79 Å². The van der Waals surface area contributed by atoms with E-state index in [1.807, 2.05) is 27.7 Å². The number of ether oxygens (including phenoxy) is 3. The first-order chi connectivity index (χ1) is 12.7. The largest absolute Gasteiger partial charge is 0.458 e. The van der Waals surface area contributed by atoms with Gasteiger partial charge >= 0.3 is 17.9 Å². The second-order valence-electron chi connectivity index (χ2n) is 11.3. The highest BCUT2D eigenvalue weighted by Gasteiger charge is 2.63. The zero-order valence-corrected chi connectivity index (χ0v) is 18.2. The molecule has 158 valence electrons. The first-order valence-electron chi connectivity index (χ1n) is 10.3. The minimum atomic E-state index is -0.730. The maximum Gasteiger partial charge on any atom is 0.344 e. The number of hydrogen-bond acceptors (Lipinski definition) is 6. The molecule has 3 fully saturated rings. The fourth-order valence-corrected chi connectivity index (χ4v) is 5.24. The van der Waals surface area contributed by atoms with Crippen molar-refractivity contribution >= 4 is 17.9 Å². The van der Waals surface area contributed by atoms with Gasteiger partial charge in [0, 0.05) is 11.8 Å². The summed E-state index contributed by atoms with van der Waals surface area (Å²) in [5, 5.41) is 0. The second kappa shape index (κ2) is 6.74. The standard InChI is InChI=1S/C22H34O6/c1-20(2,3)11-22(7,21(4,5)6)19(25)26-10-15(23)27-16-12-8-13-14(9-12)18(24)28-17(13)16/h12-14,16-17H,8-11H2,1-7H3. The smallest absolute Gasteiger partial charge is 0.344 e. The van der Waals surface area contributed by atoms with E-state index < -0.39 is 24.1 Å². The molecule has 0 amide bonds. The van der Waals surface area contributed by atoms with E-state index >= 15 is 0 Å². The van der Waals surface area contributed by atoms with Gasteiger partial charge < -0.3 is 14.2 Å². The molecule has 0 radical (unpaired) electrons. The molecule has 0 aromatic heterocycles. The van der Waals surface area contributed by atoms with Crippen LogP contribution in [0.1, 0.15) is 67.7 Å². The highest BCUT2D eigenvalue weighted by Crippen LogP contribution is 2.55. The summed E-state index contributed by atoms with van der Waals surface area (Å²) in [5.74, 6) is -0.788. The molecule has 0 aromatic carbocycles. The molecule has 0 aromatic rings. The maximum absolute atomic E-state index is 12.9. The van der Waals surface area contributed by atoms with E-state index in [0.717, 1.165) is 12.8 Å². The van der Waals surface area contributed by atoms with Crippen molar-refractivity contribution in [3.8, 4) is 0 Å². The third kappa shape index (κ3) is 3.67. The Morgan fingerprint density at radius 1 is 1.07 bits per heavy atom. The quantitative estimate of drug-likeness (QED) is 0.524. The lowest BCUT2D eigenvalue weighted by Crippen LogP contribution is -2.45. The Morgan fingerprint density at radius 3 is 2.29 bits per heavy atom. The molecule has 6 heteroatoms. The molecule has 0 spiro atoms. The van der Waals surface area contributed by atoms with Gasteiger partial charge in [-0.3, -0.25) is 9.59 Å². The van der Waals surface area contributed by atoms with E-state index in [0.29, 0.717) is 6.42 Å². The zero-order chi connectivity index (χ0) is 21.1. The summed E-state index contributed by atoms with van der Waals surface area (Å²) in [7, 11) is 0. The topological polar surface area (TPSA) is 78.9 Å². The van der Waals surface area contributed by atoms with Gasteiger partial charge in [-0.1, -0.05) is 41.5 Å². The van der Waals surface area contributed by atoms with Gasteiger partial charge in [0.1, 0.15) is 12.2 Å². The zero-order valence-electron chi connectivity index (χ0n) is 18.2. The summed E-state index contributed by atoms with van der Waals surface area (Å²) in [6.07, 6.45) is 1.51. The number of carbonyl (C=O) groups is 3. The molecule has 2 bridgehead atoms. The molecule has 0 N–H and O–H groups in total. The van der Waals surface area contributed by atoms with Crippen molar-refractivity contribution in [1.29, 1.82) is 0 Å². The summed E-state index contributed by atoms with van der Waals surface area (Å²) in [6, 6.07) is 0. The van der Waals surface area contributed by atoms with Crippen LogP contribution in [-0.4, -0.2) is 36.7 Å². The monoisotopic (exact) mass is 394 g/mol. The maximum atomic E-state index is 12.9. The highest BCUT2D eigenvalue weighted by atomic mass is 16.6. The van der Waals surface area contributed by atoms with Gasteiger partial charge in [0.25, 0.3) is 0 Å². The Bertz CT molecular complexity index is 669. The van der Waals surface area contributed by atoms with E-state index in [1.165, 1.54) is 0 Å². The molecule has 3 rings (SSSR count). The van der Waals surface area contributed by atoms with Crippen molar-refractivity contribution in [2.45, 2.75) is 79.9 Å². The summed E-state index contributed by atoms with van der Waals surface area (Å²) in [4.78, 5) is 37.1. The molecule has 2 saturated carbocycles. The third-order valence-electron chi connectivity index (χ3n) is 6.99. The molecule has 6 atom stereocenters. The second-order valence-corrected chi connectivity index (χ2v) is 11.3. The number of fused-ring (bicyclic) bond motifs is 1. The average Bonchev–Trinajstić information content (AvgIpc) is 3.14. The fourth-order valence-electron chi connectivity index (χ4n) is 5.24. The first-order valence-corrected chi connectivity index (χ1v) is 10.3. The average molecular weight is 395 g/mol. The van der Waals surface area contributed by atoms with Crippen molar-refractivity contribution in [2.75, 3.05) is 6.61 Å². The lowest BCUT2D eigenvalue weighted by Gasteiger charge is -2.43. The fraction of sp³-hybridized carbons (Fsp3) is 0.864. The van der Waals surface area contributed by atoms with E-state index in [9.17, 15) is 14.4 Å². The van der Waals surface area contributed by atoms with Crippen LogP contribution in [0.15, 0.2) is 0 Å². The number of rotatable bonds is 5. The van der Waals surface area contributed by atoms with Gasteiger partial charge in [0.2, 0.25) is 0 Å². The molecule has 3 aliphatic rings. The van der Waals surface area contributed by atoms with Crippen molar-refractivity contribution in [3.05, 3.63) is 0 Å². The highest BCUT2D eigenvalue weighted by molar-refractivity contribution is 5.81. The molecule has 6 nitrogen and oxygen atoms in total. The Kier molecular flexibility index (Phi) is 5.08. The number of hydrogen-bond donors (Lipinski definition) is 0. The molecule has 1 heterocycles. The summed E-state index contributed by atoms with van der Waals surface area (Å²) >= 11 is 0. The van der Waals surface area contributed by atoms with Crippen molar-refractivity contribution in [3.63, 3.8) is 0 Å². The van der Waals surface area contributed by atoms with Crippen LogP contribution in [0.5, 0.6) is 0 Å². The molecule has 1 aliphatic heterocycles. The Labute approximate surface area is 167 Å². The Hall–Kier alpha value is -1.59. The molecule has 2 aliphatic carbocycles. The van der Waals surface area contributed by atoms with Gasteiger partial charge in [0.15, 0.2) is 6.61 Å². The van der Waals surface area contributed by atoms with Gasteiger partial charge in [-0.15, -0.1) is 0 Å². The van der Waals surface area contributed by atoms with Crippen LogP contribution in [0.4, 0.5) is 0 Å². The molecular weight excluding hydrogens is 360 g/mol. The molecule has 1 saturated heterocycles. The summed E-state index contributed by atoms with van der Waals surface area (Å²) in [6.45, 7) is 13.8. The lowest BCUT2D eigenvalue weighted by atomic mass is 9.61. The minimum absolute atomic E-state index is 0.0207. The Morgan fingerprint density at radius 2 is 1.71 bits per heavy atom. The number of carbonyl (C=O) groups excluding carboxylic acids is 3. The lowest BCUT2D eigenvalue weighted by molar-refractivity contribution is -0.177. The summed E-state index contributed by atoms with van der Waals surface area (Å²) in [5.41, 5.74) is -1.11. The predicted octanol–water partition coefficient (Wildman–Crippen LogP) is 3.51. The van der Waals surface area contributed by atoms with E-state index in [1.54, 1.807) is 0 Å². The van der Waals surface area contributed by atoms with Crippen LogP contribution in [-0.2, 0) is 28.6 Å². The molecular formula is C22H34O6. The third-order valence-corrected chi connectivity index (χ3v) is 6.99. The van der Waals surface area contributed by atoms with E-state index in [4.69, 9.17) is 14.2 Å². The van der Waals surface area contributed by atoms with Gasteiger partial charge in [-0.05, 0) is 37.0 Å². The van der Waals surface area contributed by atoms with Gasteiger partial charge in [0.05, 0.1) is 11.3 Å². The Balaban J connectivity index is 1.58. The van der Waals surface area contributed by atoms with Crippen LogP contribution in [0.2, 0.25) is 0 Å². The normalized spacial score (nSPS) is 33.4. The number of esters is 3. The predicted molar refractivity (Wildman–Crippen MR) is 102 cm³/mol.